The number of nitrogens with zero attached hydrogens (tertiary/aromatic N) is 3. The number of nitrogens with one attached hydrogen (secondary N) is 2. The zero-order chi connectivity index (χ0) is 12.1. The van der Waals surface area contributed by atoms with Gasteiger partial charge in [-0.1, -0.05) is 0 Å². The van der Waals surface area contributed by atoms with Gasteiger partial charge in [-0.3, -0.25) is 0 Å². The Labute approximate surface area is 104 Å². The van der Waals surface area contributed by atoms with E-state index in [2.05, 4.69) is 25.3 Å². The maximum absolute atomic E-state index is 5.75. The average molecular weight is 256 g/mol. The molecule has 17 heavy (non-hydrogen) atoms. The lowest BCUT2D eigenvalue weighted by atomic mass is 10.2. The third-order valence-corrected chi connectivity index (χ3v) is 2.61. The fourth-order valence-corrected chi connectivity index (χ4v) is 1.86. The number of imidazole rings is 1. The topological polar surface area (TPSA) is 75.7 Å². The van der Waals surface area contributed by atoms with E-state index < -0.39 is 0 Å². The van der Waals surface area contributed by atoms with E-state index in [1.165, 1.54) is 6.33 Å². The zero-order valence-corrected chi connectivity index (χ0v) is 10.2. The largest absolute Gasteiger partial charge is 0.383 e. The molecule has 0 saturated heterocycles. The van der Waals surface area contributed by atoms with Crippen molar-refractivity contribution in [3.05, 3.63) is 12.7 Å². The summed E-state index contributed by atoms with van der Waals surface area (Å²) in [5.41, 5.74) is 1.44. The van der Waals surface area contributed by atoms with Crippen molar-refractivity contribution in [3.8, 4) is 0 Å². The number of rotatable bonds is 6. The molecule has 1 atom stereocenters. The van der Waals surface area contributed by atoms with Crippen LogP contribution in [0.1, 0.15) is 6.42 Å². The summed E-state index contributed by atoms with van der Waals surface area (Å²) < 4.78 is 5.13. The van der Waals surface area contributed by atoms with Crippen LogP contribution >= 0.6 is 11.6 Å². The molecule has 0 aliphatic rings. The molecule has 0 aliphatic heterocycles. The summed E-state index contributed by atoms with van der Waals surface area (Å²) in [5, 5.41) is 3.28. The van der Waals surface area contributed by atoms with E-state index in [4.69, 9.17) is 16.3 Å². The first-order chi connectivity index (χ1) is 8.35. The number of halogens is 1. The summed E-state index contributed by atoms with van der Waals surface area (Å²) >= 11 is 5.75. The molecular formula is C10H14ClN5O. The number of methoxy groups -OCH3 is 1. The quantitative estimate of drug-likeness (QED) is 0.764. The van der Waals surface area contributed by atoms with Crippen LogP contribution in [0.3, 0.4) is 0 Å². The van der Waals surface area contributed by atoms with Gasteiger partial charge in [0.05, 0.1) is 19.0 Å². The lowest BCUT2D eigenvalue weighted by Gasteiger charge is -2.17. The number of alkyl halides is 1. The third kappa shape index (κ3) is 2.83. The molecule has 2 aromatic heterocycles. The summed E-state index contributed by atoms with van der Waals surface area (Å²) in [6, 6.07) is 0.124. The second kappa shape index (κ2) is 5.79. The Morgan fingerprint density at radius 1 is 1.47 bits per heavy atom. The van der Waals surface area contributed by atoms with Crippen molar-refractivity contribution in [2.75, 3.05) is 24.9 Å². The van der Waals surface area contributed by atoms with Gasteiger partial charge in [-0.2, -0.15) is 0 Å². The van der Waals surface area contributed by atoms with E-state index in [-0.39, 0.29) is 6.04 Å². The Hall–Kier alpha value is -1.40. The highest BCUT2D eigenvalue weighted by Gasteiger charge is 2.12. The number of anilines is 1. The number of hydrogen-bond acceptors (Lipinski definition) is 5. The van der Waals surface area contributed by atoms with E-state index in [1.54, 1.807) is 13.4 Å². The molecule has 0 aromatic carbocycles. The van der Waals surface area contributed by atoms with Crippen LogP contribution in [0, 0.1) is 0 Å². The number of ether oxygens (including phenoxy) is 1. The van der Waals surface area contributed by atoms with Crippen LogP contribution in [0.15, 0.2) is 12.7 Å². The lowest BCUT2D eigenvalue weighted by molar-refractivity contribution is 0.184. The van der Waals surface area contributed by atoms with Crippen LogP contribution in [0.4, 0.5) is 5.82 Å². The molecule has 0 fully saturated rings. The van der Waals surface area contributed by atoms with Gasteiger partial charge in [0.25, 0.3) is 0 Å². The molecule has 7 heteroatoms. The average Bonchev–Trinajstić information content (AvgIpc) is 2.79. The number of H-pyrrole nitrogens is 1. The molecule has 0 saturated carbocycles. The summed E-state index contributed by atoms with van der Waals surface area (Å²) in [6.07, 6.45) is 3.88. The Bertz CT molecular complexity index is 468. The van der Waals surface area contributed by atoms with Gasteiger partial charge in [-0.25, -0.2) is 15.0 Å². The molecule has 0 bridgehead atoms. The van der Waals surface area contributed by atoms with E-state index in [0.717, 1.165) is 17.8 Å². The molecule has 2 heterocycles. The highest BCUT2D eigenvalue weighted by atomic mass is 35.5. The number of fused-ring (bicyclic) bond motifs is 1. The number of aromatic nitrogens is 4. The van der Waals surface area contributed by atoms with Crippen molar-refractivity contribution in [1.29, 1.82) is 0 Å². The minimum Gasteiger partial charge on any atom is -0.383 e. The predicted octanol–water partition coefficient (Wildman–Crippen LogP) is 1.41. The highest BCUT2D eigenvalue weighted by molar-refractivity contribution is 6.17. The standard InChI is InChI=1S/C10H14ClN5O/c1-17-4-7(2-3-11)16-10-8-9(13-5-12-8)14-6-15-10/h5-7H,2-4H2,1H3,(H2,12,13,14,15,16). The summed E-state index contributed by atoms with van der Waals surface area (Å²) in [4.78, 5) is 15.3. The molecule has 0 amide bonds. The minimum atomic E-state index is 0.124. The van der Waals surface area contributed by atoms with E-state index in [1.807, 2.05) is 0 Å². The van der Waals surface area contributed by atoms with Gasteiger partial charge in [0, 0.05) is 13.0 Å². The first kappa shape index (κ1) is 12.1. The first-order valence-electron chi connectivity index (χ1n) is 5.30. The molecule has 2 aromatic rings. The van der Waals surface area contributed by atoms with E-state index >= 15 is 0 Å². The Kier molecular flexibility index (Phi) is 4.11. The SMILES string of the molecule is COCC(CCCl)Nc1ncnc2nc[nH]c12. The van der Waals surface area contributed by atoms with Crippen molar-refractivity contribution in [2.24, 2.45) is 0 Å². The number of hydrogen-bond donors (Lipinski definition) is 2. The molecular weight excluding hydrogens is 242 g/mol. The fraction of sp³-hybridized carbons (Fsp3) is 0.500. The van der Waals surface area contributed by atoms with Gasteiger partial charge in [0.15, 0.2) is 11.5 Å². The van der Waals surface area contributed by atoms with Crippen LogP contribution in [-0.2, 0) is 4.74 Å². The summed E-state index contributed by atoms with van der Waals surface area (Å²) in [7, 11) is 1.66. The Morgan fingerprint density at radius 2 is 2.35 bits per heavy atom. The van der Waals surface area contributed by atoms with Gasteiger partial charge in [0.2, 0.25) is 0 Å². The van der Waals surface area contributed by atoms with Crippen molar-refractivity contribution in [2.45, 2.75) is 12.5 Å². The predicted molar refractivity (Wildman–Crippen MR) is 66.3 cm³/mol. The van der Waals surface area contributed by atoms with Crippen LogP contribution in [-0.4, -0.2) is 45.6 Å². The molecule has 0 spiro atoms. The normalized spacial score (nSPS) is 12.8. The van der Waals surface area contributed by atoms with Crippen LogP contribution in [0.5, 0.6) is 0 Å². The molecule has 1 unspecified atom stereocenters. The molecule has 0 aliphatic carbocycles. The molecule has 92 valence electrons. The maximum Gasteiger partial charge on any atom is 0.182 e. The van der Waals surface area contributed by atoms with Crippen molar-refractivity contribution in [1.82, 2.24) is 19.9 Å². The van der Waals surface area contributed by atoms with Crippen molar-refractivity contribution < 1.29 is 4.74 Å². The van der Waals surface area contributed by atoms with Crippen molar-refractivity contribution >= 4 is 28.6 Å². The van der Waals surface area contributed by atoms with Crippen LogP contribution in [0.2, 0.25) is 0 Å². The Morgan fingerprint density at radius 3 is 3.12 bits per heavy atom. The molecule has 2 rings (SSSR count). The third-order valence-electron chi connectivity index (χ3n) is 2.39. The van der Waals surface area contributed by atoms with Crippen molar-refractivity contribution in [3.63, 3.8) is 0 Å². The smallest absolute Gasteiger partial charge is 0.182 e. The van der Waals surface area contributed by atoms with Crippen LogP contribution < -0.4 is 5.32 Å². The summed E-state index contributed by atoms with van der Waals surface area (Å²) in [6.45, 7) is 0.576. The zero-order valence-electron chi connectivity index (χ0n) is 9.48. The van der Waals surface area contributed by atoms with Gasteiger partial charge in [-0.05, 0) is 6.42 Å². The summed E-state index contributed by atoms with van der Waals surface area (Å²) in [5.74, 6) is 1.29. The molecule has 2 N–H and O–H groups in total. The van der Waals surface area contributed by atoms with Crippen LogP contribution in [0.25, 0.3) is 11.2 Å². The molecule has 0 radical (unpaired) electrons. The Balaban J connectivity index is 2.18. The van der Waals surface area contributed by atoms with Gasteiger partial charge >= 0.3 is 0 Å². The second-order valence-corrected chi connectivity index (χ2v) is 3.98. The first-order valence-corrected chi connectivity index (χ1v) is 5.84. The lowest BCUT2D eigenvalue weighted by Crippen LogP contribution is -2.26. The highest BCUT2D eigenvalue weighted by Crippen LogP contribution is 2.16. The molecule has 6 nitrogen and oxygen atoms in total. The van der Waals surface area contributed by atoms with E-state index in [9.17, 15) is 0 Å². The minimum absolute atomic E-state index is 0.124. The monoisotopic (exact) mass is 255 g/mol. The number of aromatic amines is 1. The second-order valence-electron chi connectivity index (χ2n) is 3.60. The fourth-order valence-electron chi connectivity index (χ4n) is 1.60. The van der Waals surface area contributed by atoms with Gasteiger partial charge < -0.3 is 15.0 Å². The van der Waals surface area contributed by atoms with E-state index in [0.29, 0.717) is 18.1 Å². The maximum atomic E-state index is 5.75. The van der Waals surface area contributed by atoms with Gasteiger partial charge in [-0.15, -0.1) is 11.6 Å². The van der Waals surface area contributed by atoms with Gasteiger partial charge in [0.1, 0.15) is 11.8 Å².